The van der Waals surface area contributed by atoms with Crippen molar-refractivity contribution in [3.05, 3.63) is 35.4 Å². The minimum Gasteiger partial charge on any atom is -0.351 e. The molecule has 1 N–H and O–H groups in total. The Bertz CT molecular complexity index is 630. The van der Waals surface area contributed by atoms with Gasteiger partial charge in [-0.05, 0) is 37.3 Å². The summed E-state index contributed by atoms with van der Waals surface area (Å²) in [7, 11) is 0. The fraction of sp³-hybridized carbons (Fsp3) is 0.600. The lowest BCUT2D eigenvalue weighted by atomic mass is 9.94. The molecule has 1 heterocycles. The van der Waals surface area contributed by atoms with Crippen molar-refractivity contribution in [1.29, 1.82) is 0 Å². The molecule has 0 aromatic heterocycles. The summed E-state index contributed by atoms with van der Waals surface area (Å²) in [6, 6.07) is 7.71. The van der Waals surface area contributed by atoms with Crippen molar-refractivity contribution in [3.8, 4) is 0 Å². The lowest BCUT2D eigenvalue weighted by Gasteiger charge is -2.32. The minimum atomic E-state index is -0.432. The van der Waals surface area contributed by atoms with Crippen LogP contribution in [0, 0.1) is 0 Å². The van der Waals surface area contributed by atoms with Gasteiger partial charge >= 0.3 is 0 Å². The maximum Gasteiger partial charge on any atom is 0.255 e. The van der Waals surface area contributed by atoms with Crippen LogP contribution in [0.4, 0.5) is 0 Å². The lowest BCUT2D eigenvalue weighted by molar-refractivity contribution is -0.127. The van der Waals surface area contributed by atoms with Crippen LogP contribution in [0.15, 0.2) is 24.3 Å². The van der Waals surface area contributed by atoms with Crippen molar-refractivity contribution < 1.29 is 9.59 Å². The normalized spacial score (nSPS) is 25.1. The number of nitrogens with one attached hydrogen (secondary N) is 1. The van der Waals surface area contributed by atoms with Gasteiger partial charge in [0.1, 0.15) is 6.04 Å². The summed E-state index contributed by atoms with van der Waals surface area (Å²) in [5, 5.41) is 3.24. The van der Waals surface area contributed by atoms with E-state index in [2.05, 4.69) is 5.32 Å². The van der Waals surface area contributed by atoms with E-state index >= 15 is 0 Å². The number of hydrogen-bond donors (Lipinski definition) is 1. The van der Waals surface area contributed by atoms with Gasteiger partial charge < -0.3 is 10.2 Å². The van der Waals surface area contributed by atoms with Crippen molar-refractivity contribution in [2.75, 3.05) is 0 Å². The summed E-state index contributed by atoms with van der Waals surface area (Å²) >= 11 is 0. The highest BCUT2D eigenvalue weighted by molar-refractivity contribution is 6.05. The molecule has 3 aliphatic rings. The molecule has 0 radical (unpaired) electrons. The molecule has 128 valence electrons. The van der Waals surface area contributed by atoms with Crippen molar-refractivity contribution >= 4 is 11.8 Å². The zero-order valence-electron chi connectivity index (χ0n) is 14.2. The summed E-state index contributed by atoms with van der Waals surface area (Å²) in [4.78, 5) is 27.9. The molecule has 0 spiro atoms. The molecule has 4 heteroatoms. The Morgan fingerprint density at radius 2 is 1.62 bits per heavy atom. The molecule has 1 atom stereocenters. The standard InChI is InChI=1S/C20H26N2O2/c23-19(21-14-8-2-1-3-9-14)18-16-12-6-7-13-17(16)20(24)22(18)15-10-4-5-11-15/h6-7,12-15,18H,1-5,8-11H2,(H,21,23)/t18-/m1/s1. The van der Waals surface area contributed by atoms with Gasteiger partial charge in [-0.15, -0.1) is 0 Å². The third-order valence-electron chi connectivity index (χ3n) is 5.92. The second-order valence-corrected chi connectivity index (χ2v) is 7.48. The summed E-state index contributed by atoms with van der Waals surface area (Å²) in [5.41, 5.74) is 1.61. The summed E-state index contributed by atoms with van der Waals surface area (Å²) in [6.07, 6.45) is 10.1. The number of hydrogen-bond acceptors (Lipinski definition) is 2. The Balaban J connectivity index is 1.61. The van der Waals surface area contributed by atoms with Crippen LogP contribution < -0.4 is 5.32 Å². The highest BCUT2D eigenvalue weighted by Crippen LogP contribution is 2.39. The van der Waals surface area contributed by atoms with Crippen LogP contribution in [0.25, 0.3) is 0 Å². The Morgan fingerprint density at radius 1 is 0.958 bits per heavy atom. The van der Waals surface area contributed by atoms with Gasteiger partial charge in [-0.1, -0.05) is 50.3 Å². The molecule has 4 nitrogen and oxygen atoms in total. The first kappa shape index (κ1) is 15.7. The third kappa shape index (κ3) is 2.72. The average Bonchev–Trinajstić information content (AvgIpc) is 3.22. The molecule has 1 aromatic carbocycles. The van der Waals surface area contributed by atoms with Crippen molar-refractivity contribution in [1.82, 2.24) is 10.2 Å². The predicted molar refractivity (Wildman–Crippen MR) is 92.6 cm³/mol. The second kappa shape index (κ2) is 6.58. The van der Waals surface area contributed by atoms with Gasteiger partial charge in [0.05, 0.1) is 0 Å². The van der Waals surface area contributed by atoms with Crippen LogP contribution in [-0.2, 0) is 4.79 Å². The first-order chi connectivity index (χ1) is 11.8. The van der Waals surface area contributed by atoms with Crippen LogP contribution in [0.2, 0.25) is 0 Å². The first-order valence-electron chi connectivity index (χ1n) is 9.47. The number of fused-ring (bicyclic) bond motifs is 1. The van der Waals surface area contributed by atoms with E-state index in [4.69, 9.17) is 0 Å². The highest BCUT2D eigenvalue weighted by Gasteiger charge is 2.45. The largest absolute Gasteiger partial charge is 0.351 e. The Kier molecular flexibility index (Phi) is 4.30. The smallest absolute Gasteiger partial charge is 0.255 e. The van der Waals surface area contributed by atoms with Gasteiger partial charge in [0.15, 0.2) is 0 Å². The van der Waals surface area contributed by atoms with E-state index in [1.807, 2.05) is 29.2 Å². The van der Waals surface area contributed by atoms with Crippen LogP contribution >= 0.6 is 0 Å². The van der Waals surface area contributed by atoms with Crippen molar-refractivity contribution in [2.45, 2.75) is 75.9 Å². The number of benzene rings is 1. The fourth-order valence-electron chi connectivity index (χ4n) is 4.69. The number of carbonyl (C=O) groups is 2. The molecule has 0 unspecified atom stereocenters. The number of carbonyl (C=O) groups excluding carboxylic acids is 2. The van der Waals surface area contributed by atoms with Gasteiger partial charge in [-0.25, -0.2) is 0 Å². The SMILES string of the molecule is O=C(NC1CCCCC1)[C@H]1c2ccccc2C(=O)N1C1CCCC1. The Hall–Kier alpha value is -1.84. The molecular weight excluding hydrogens is 300 g/mol. The average molecular weight is 326 g/mol. The molecule has 4 rings (SSSR count). The molecular formula is C20H26N2O2. The third-order valence-corrected chi connectivity index (χ3v) is 5.92. The Morgan fingerprint density at radius 3 is 2.38 bits per heavy atom. The zero-order valence-corrected chi connectivity index (χ0v) is 14.2. The number of amides is 2. The van der Waals surface area contributed by atoms with Gasteiger partial charge in [0.2, 0.25) is 5.91 Å². The maximum atomic E-state index is 13.1. The van der Waals surface area contributed by atoms with Crippen LogP contribution in [0.3, 0.4) is 0 Å². The zero-order chi connectivity index (χ0) is 16.5. The number of nitrogens with zero attached hydrogens (tertiary/aromatic N) is 1. The molecule has 2 aliphatic carbocycles. The monoisotopic (exact) mass is 326 g/mol. The van der Waals surface area contributed by atoms with Crippen LogP contribution in [0.1, 0.15) is 79.8 Å². The number of rotatable bonds is 3. The van der Waals surface area contributed by atoms with E-state index < -0.39 is 6.04 Å². The second-order valence-electron chi connectivity index (χ2n) is 7.48. The molecule has 2 fully saturated rings. The topological polar surface area (TPSA) is 49.4 Å². The molecule has 1 aliphatic heterocycles. The van der Waals surface area contributed by atoms with E-state index in [-0.39, 0.29) is 23.9 Å². The van der Waals surface area contributed by atoms with Gasteiger partial charge in [-0.3, -0.25) is 9.59 Å². The molecule has 0 bridgehead atoms. The van der Waals surface area contributed by atoms with E-state index in [1.165, 1.54) is 19.3 Å². The molecule has 0 saturated heterocycles. The molecule has 1 aromatic rings. The minimum absolute atomic E-state index is 0.0205. The van der Waals surface area contributed by atoms with Gasteiger partial charge in [0.25, 0.3) is 5.91 Å². The maximum absolute atomic E-state index is 13.1. The quantitative estimate of drug-likeness (QED) is 0.923. The van der Waals surface area contributed by atoms with Gasteiger partial charge in [-0.2, -0.15) is 0 Å². The first-order valence-corrected chi connectivity index (χ1v) is 9.47. The summed E-state index contributed by atoms with van der Waals surface area (Å²) in [6.45, 7) is 0. The van der Waals surface area contributed by atoms with Crippen molar-refractivity contribution in [2.24, 2.45) is 0 Å². The highest BCUT2D eigenvalue weighted by atomic mass is 16.2. The fourth-order valence-corrected chi connectivity index (χ4v) is 4.69. The molecule has 2 amide bonds. The molecule has 2 saturated carbocycles. The van der Waals surface area contributed by atoms with Gasteiger partial charge in [0, 0.05) is 17.6 Å². The predicted octanol–water partition coefficient (Wildman–Crippen LogP) is 3.58. The van der Waals surface area contributed by atoms with E-state index in [0.29, 0.717) is 5.56 Å². The van der Waals surface area contributed by atoms with Crippen molar-refractivity contribution in [3.63, 3.8) is 0 Å². The Labute approximate surface area is 143 Å². The summed E-state index contributed by atoms with van der Waals surface area (Å²) in [5.74, 6) is 0.0633. The lowest BCUT2D eigenvalue weighted by Crippen LogP contribution is -2.46. The van der Waals surface area contributed by atoms with E-state index in [1.54, 1.807) is 0 Å². The van der Waals surface area contributed by atoms with Crippen LogP contribution in [0.5, 0.6) is 0 Å². The van der Waals surface area contributed by atoms with E-state index in [0.717, 1.165) is 44.1 Å². The molecule has 24 heavy (non-hydrogen) atoms. The summed E-state index contributed by atoms with van der Waals surface area (Å²) < 4.78 is 0. The van der Waals surface area contributed by atoms with E-state index in [9.17, 15) is 9.59 Å². The van der Waals surface area contributed by atoms with Crippen LogP contribution in [-0.4, -0.2) is 28.8 Å².